The molecule has 0 aliphatic heterocycles. The predicted molar refractivity (Wildman–Crippen MR) is 76.6 cm³/mol. The summed E-state index contributed by atoms with van der Waals surface area (Å²) in [5, 5.41) is 1.54. The molecule has 0 saturated carbocycles. The molecule has 9 heteroatoms. The van der Waals surface area contributed by atoms with Gasteiger partial charge >= 0.3 is 0 Å². The van der Waals surface area contributed by atoms with E-state index in [0.29, 0.717) is 5.69 Å². The molecule has 0 spiro atoms. The molecule has 2 rings (SSSR count). The first-order valence-electron chi connectivity index (χ1n) is 5.40. The molecule has 0 atom stereocenters. The number of thiazole rings is 1. The molecule has 0 fully saturated rings. The smallest absolute Gasteiger partial charge is 0.244 e. The van der Waals surface area contributed by atoms with E-state index in [1.165, 1.54) is 18.4 Å². The van der Waals surface area contributed by atoms with Crippen molar-refractivity contribution in [2.75, 3.05) is 12.8 Å². The van der Waals surface area contributed by atoms with E-state index >= 15 is 0 Å². The molecule has 108 valence electrons. The van der Waals surface area contributed by atoms with Gasteiger partial charge in [0.05, 0.1) is 28.5 Å². The number of nitrogens with two attached hydrogens (primary N) is 1. The van der Waals surface area contributed by atoms with Crippen molar-refractivity contribution in [3.63, 3.8) is 0 Å². The third-order valence-corrected chi connectivity index (χ3v) is 5.51. The Labute approximate surface area is 124 Å². The number of hydrogen-bond acceptors (Lipinski definition) is 5. The third kappa shape index (κ3) is 2.93. The summed E-state index contributed by atoms with van der Waals surface area (Å²) in [6.07, 6.45) is 0. The van der Waals surface area contributed by atoms with E-state index in [1.54, 1.807) is 10.9 Å². The van der Waals surface area contributed by atoms with E-state index in [4.69, 9.17) is 17.3 Å². The maximum absolute atomic E-state index is 13.2. The summed E-state index contributed by atoms with van der Waals surface area (Å²) < 4.78 is 39.1. The summed E-state index contributed by atoms with van der Waals surface area (Å²) in [5.74, 6) is -0.754. The maximum Gasteiger partial charge on any atom is 0.244 e. The lowest BCUT2D eigenvalue weighted by Crippen LogP contribution is -2.27. The van der Waals surface area contributed by atoms with Gasteiger partial charge in [0.1, 0.15) is 10.7 Å². The van der Waals surface area contributed by atoms with Gasteiger partial charge in [0.15, 0.2) is 0 Å². The number of anilines is 1. The normalized spacial score (nSPS) is 12.0. The minimum atomic E-state index is -3.87. The Morgan fingerprint density at radius 3 is 2.80 bits per heavy atom. The first-order chi connectivity index (χ1) is 9.32. The molecule has 0 amide bonds. The zero-order chi connectivity index (χ0) is 14.9. The van der Waals surface area contributed by atoms with Crippen LogP contribution < -0.4 is 5.73 Å². The van der Waals surface area contributed by atoms with Crippen LogP contribution in [0.2, 0.25) is 5.02 Å². The lowest BCUT2D eigenvalue weighted by molar-refractivity contribution is 0.463. The molecule has 2 N–H and O–H groups in total. The lowest BCUT2D eigenvalue weighted by atomic mass is 10.3. The van der Waals surface area contributed by atoms with Gasteiger partial charge in [0, 0.05) is 12.4 Å². The van der Waals surface area contributed by atoms with Gasteiger partial charge in [-0.1, -0.05) is 11.6 Å². The van der Waals surface area contributed by atoms with Crippen LogP contribution in [0.15, 0.2) is 27.9 Å². The summed E-state index contributed by atoms with van der Waals surface area (Å²) in [5.41, 5.74) is 7.35. The number of nitrogen functional groups attached to an aromatic ring is 1. The predicted octanol–water partition coefficient (Wildman–Crippen LogP) is 2.34. The van der Waals surface area contributed by atoms with Gasteiger partial charge < -0.3 is 5.73 Å². The van der Waals surface area contributed by atoms with Gasteiger partial charge in [-0.15, -0.1) is 11.3 Å². The van der Waals surface area contributed by atoms with Gasteiger partial charge in [0.2, 0.25) is 10.0 Å². The molecule has 20 heavy (non-hydrogen) atoms. The van der Waals surface area contributed by atoms with Gasteiger partial charge in [-0.05, 0) is 12.1 Å². The highest BCUT2D eigenvalue weighted by Crippen LogP contribution is 2.28. The molecule has 0 radical (unpaired) electrons. The molecule has 1 heterocycles. The molecule has 0 unspecified atom stereocenters. The van der Waals surface area contributed by atoms with Crippen LogP contribution in [-0.4, -0.2) is 24.8 Å². The van der Waals surface area contributed by atoms with Crippen molar-refractivity contribution >= 4 is 38.6 Å². The molecular formula is C11H11ClFN3O2S2. The second-order valence-electron chi connectivity index (χ2n) is 4.05. The van der Waals surface area contributed by atoms with Gasteiger partial charge in [0.25, 0.3) is 0 Å². The fourth-order valence-electron chi connectivity index (χ4n) is 1.54. The van der Waals surface area contributed by atoms with Crippen LogP contribution in [0, 0.1) is 5.82 Å². The number of sulfonamides is 1. The van der Waals surface area contributed by atoms with E-state index in [2.05, 4.69) is 4.98 Å². The molecule has 0 bridgehead atoms. The number of rotatable bonds is 4. The van der Waals surface area contributed by atoms with E-state index in [1.807, 2.05) is 0 Å². The minimum absolute atomic E-state index is 0.0967. The van der Waals surface area contributed by atoms with Crippen molar-refractivity contribution in [1.29, 1.82) is 0 Å². The quantitative estimate of drug-likeness (QED) is 0.870. The van der Waals surface area contributed by atoms with Crippen molar-refractivity contribution < 1.29 is 12.8 Å². The third-order valence-electron chi connectivity index (χ3n) is 2.61. The summed E-state index contributed by atoms with van der Waals surface area (Å²) in [4.78, 5) is 3.79. The molecular weight excluding hydrogens is 325 g/mol. The molecule has 0 saturated heterocycles. The Hall–Kier alpha value is -1.22. The first kappa shape index (κ1) is 15.2. The zero-order valence-corrected chi connectivity index (χ0v) is 12.8. The van der Waals surface area contributed by atoms with Crippen molar-refractivity contribution in [2.24, 2.45) is 0 Å². The standard InChI is InChI=1S/C11H11ClFN3O2S2/c1-16(4-7-5-19-6-15-7)20(17,18)11-3-10(14)9(13)2-8(11)12/h2-3,5-6H,4,14H2,1H3. The lowest BCUT2D eigenvalue weighted by Gasteiger charge is -2.17. The zero-order valence-electron chi connectivity index (χ0n) is 10.4. The second kappa shape index (κ2) is 5.65. The van der Waals surface area contributed by atoms with Crippen LogP contribution in [0.1, 0.15) is 5.69 Å². The number of nitrogens with zero attached hydrogens (tertiary/aromatic N) is 2. The van der Waals surface area contributed by atoms with Crippen molar-refractivity contribution in [1.82, 2.24) is 9.29 Å². The number of aromatic nitrogens is 1. The number of benzene rings is 1. The Morgan fingerprint density at radius 1 is 1.50 bits per heavy atom. The van der Waals surface area contributed by atoms with E-state index in [9.17, 15) is 12.8 Å². The average molecular weight is 336 g/mol. The number of halogens is 2. The Kier molecular flexibility index (Phi) is 4.28. The van der Waals surface area contributed by atoms with Gasteiger partial charge in [-0.2, -0.15) is 4.31 Å². The van der Waals surface area contributed by atoms with Crippen LogP contribution >= 0.6 is 22.9 Å². The molecule has 1 aromatic carbocycles. The highest BCUT2D eigenvalue weighted by atomic mass is 35.5. The summed E-state index contributed by atoms with van der Waals surface area (Å²) in [6, 6.07) is 1.91. The Morgan fingerprint density at radius 2 is 2.20 bits per heavy atom. The van der Waals surface area contributed by atoms with Crippen LogP contribution in [0.4, 0.5) is 10.1 Å². The highest BCUT2D eigenvalue weighted by molar-refractivity contribution is 7.89. The second-order valence-corrected chi connectivity index (χ2v) is 7.18. The van der Waals surface area contributed by atoms with Gasteiger partial charge in [-0.3, -0.25) is 0 Å². The fourth-order valence-corrected chi connectivity index (χ4v) is 3.75. The molecule has 0 aliphatic carbocycles. The molecule has 0 aliphatic rings. The minimum Gasteiger partial charge on any atom is -0.396 e. The van der Waals surface area contributed by atoms with Crippen molar-refractivity contribution in [3.8, 4) is 0 Å². The van der Waals surface area contributed by atoms with Crippen molar-refractivity contribution in [2.45, 2.75) is 11.4 Å². The monoisotopic (exact) mass is 335 g/mol. The first-order valence-corrected chi connectivity index (χ1v) is 8.16. The van der Waals surface area contributed by atoms with E-state index in [-0.39, 0.29) is 22.2 Å². The summed E-state index contributed by atoms with van der Waals surface area (Å²) >= 11 is 7.16. The Bertz CT molecular complexity index is 720. The van der Waals surface area contributed by atoms with Crippen LogP contribution in [-0.2, 0) is 16.6 Å². The SMILES string of the molecule is CN(Cc1cscn1)S(=O)(=O)c1cc(N)c(F)cc1Cl. The molecule has 2 aromatic rings. The average Bonchev–Trinajstić information content (AvgIpc) is 2.86. The summed E-state index contributed by atoms with van der Waals surface area (Å²) in [6.45, 7) is 0.0967. The number of hydrogen-bond donors (Lipinski definition) is 1. The Balaban J connectivity index is 2.37. The largest absolute Gasteiger partial charge is 0.396 e. The van der Waals surface area contributed by atoms with Crippen LogP contribution in [0.5, 0.6) is 0 Å². The highest BCUT2D eigenvalue weighted by Gasteiger charge is 2.25. The summed E-state index contributed by atoms with van der Waals surface area (Å²) in [7, 11) is -2.47. The topological polar surface area (TPSA) is 76.3 Å². The van der Waals surface area contributed by atoms with Crippen molar-refractivity contribution in [3.05, 3.63) is 39.6 Å². The van der Waals surface area contributed by atoms with Crippen LogP contribution in [0.25, 0.3) is 0 Å². The fraction of sp³-hybridized carbons (Fsp3) is 0.182. The van der Waals surface area contributed by atoms with E-state index < -0.39 is 15.8 Å². The molecule has 5 nitrogen and oxygen atoms in total. The van der Waals surface area contributed by atoms with Crippen LogP contribution in [0.3, 0.4) is 0 Å². The molecule has 1 aromatic heterocycles. The van der Waals surface area contributed by atoms with Gasteiger partial charge in [-0.25, -0.2) is 17.8 Å². The maximum atomic E-state index is 13.2. The van der Waals surface area contributed by atoms with E-state index in [0.717, 1.165) is 16.4 Å².